The van der Waals surface area contributed by atoms with Gasteiger partial charge in [-0.15, -0.1) is 0 Å². The van der Waals surface area contributed by atoms with Gasteiger partial charge in [-0.2, -0.15) is 14.7 Å². The van der Waals surface area contributed by atoms with Gasteiger partial charge in [-0.1, -0.05) is 157 Å². The second kappa shape index (κ2) is 21.3. The highest BCUT2D eigenvalue weighted by molar-refractivity contribution is 7.60. The van der Waals surface area contributed by atoms with Crippen molar-refractivity contribution in [1.82, 2.24) is 0 Å². The lowest BCUT2D eigenvalue weighted by molar-refractivity contribution is 0.257. The highest BCUT2D eigenvalue weighted by Gasteiger charge is 2.60. The lowest BCUT2D eigenvalue weighted by Gasteiger charge is -2.33. The predicted molar refractivity (Wildman–Crippen MR) is 201 cm³/mol. The standard InChI is InChI=1S/C20H27O3P.C20H28O3P/c1-18(2)12-6-5-11-17-21-24(22-19-13-7-3-8-14-19)23-20-15-9-4-10-16-20;1-17(2)11-9-10-16-20(24(21,22)23,18-12-5-3-6-13-18)19-14-7-4-8-15-19/h3-4,7-10,13-16,18H,5-6,11-12,17H2,1-2H3;3-8,12-15,17,21-23H,9-11,16H2,1-2H3/q;+1. The Morgan fingerprint density at radius 1 is 0.542 bits per heavy atom. The maximum absolute atomic E-state index is 10.5. The third-order valence-corrected chi connectivity index (χ3v) is 10.9. The number of benzene rings is 4. The molecule has 0 unspecified atom stereocenters. The van der Waals surface area contributed by atoms with Crippen LogP contribution in [0.3, 0.4) is 0 Å². The number of para-hydroxylation sites is 2. The third-order valence-electron chi connectivity index (χ3n) is 8.05. The van der Waals surface area contributed by atoms with Crippen molar-refractivity contribution in [2.75, 3.05) is 6.61 Å². The summed E-state index contributed by atoms with van der Waals surface area (Å²) < 4.78 is 17.6. The van der Waals surface area contributed by atoms with Crippen LogP contribution < -0.4 is 9.05 Å². The number of hydrogen-bond acceptors (Lipinski definition) is 6. The SMILES string of the molecule is CC(C)CCCCC(c1ccccc1)(c1ccccc1)[P+](O)(O)O.CC(C)CCCCCOP(Oc1ccccc1)Oc1ccccc1. The van der Waals surface area contributed by atoms with Gasteiger partial charge in [0.1, 0.15) is 11.5 Å². The maximum Gasteiger partial charge on any atom is 0.463 e. The van der Waals surface area contributed by atoms with E-state index in [0.717, 1.165) is 54.2 Å². The molecule has 0 atom stereocenters. The molecular formula is C40H55O6P2+. The summed E-state index contributed by atoms with van der Waals surface area (Å²) >= 11 is 0. The monoisotopic (exact) mass is 693 g/mol. The van der Waals surface area contributed by atoms with Gasteiger partial charge in [0, 0.05) is 17.5 Å². The zero-order chi connectivity index (χ0) is 34.7. The van der Waals surface area contributed by atoms with E-state index in [9.17, 15) is 14.7 Å². The van der Waals surface area contributed by atoms with Crippen LogP contribution in [-0.2, 0) is 9.68 Å². The summed E-state index contributed by atoms with van der Waals surface area (Å²) in [5.41, 5.74) is 1.50. The maximum atomic E-state index is 10.5. The summed E-state index contributed by atoms with van der Waals surface area (Å²) in [6.07, 6.45) is 8.15. The fourth-order valence-corrected chi connectivity index (χ4v) is 7.95. The average Bonchev–Trinajstić information content (AvgIpc) is 3.07. The Balaban J connectivity index is 0.000000260. The van der Waals surface area contributed by atoms with Gasteiger partial charge in [-0.25, -0.2) is 0 Å². The van der Waals surface area contributed by atoms with Gasteiger partial charge in [-0.05, 0) is 48.9 Å². The van der Waals surface area contributed by atoms with E-state index in [0.29, 0.717) is 18.9 Å². The molecule has 0 aliphatic carbocycles. The van der Waals surface area contributed by atoms with Crippen LogP contribution in [0.25, 0.3) is 0 Å². The van der Waals surface area contributed by atoms with Crippen molar-refractivity contribution in [1.29, 1.82) is 0 Å². The molecule has 0 amide bonds. The smallest absolute Gasteiger partial charge is 0.418 e. The molecule has 8 heteroatoms. The molecular weight excluding hydrogens is 638 g/mol. The first-order valence-electron chi connectivity index (χ1n) is 17.2. The number of unbranched alkanes of at least 4 members (excludes halogenated alkanes) is 3. The second-order valence-corrected chi connectivity index (χ2v) is 15.9. The molecule has 4 rings (SSSR count). The van der Waals surface area contributed by atoms with E-state index >= 15 is 0 Å². The van der Waals surface area contributed by atoms with E-state index in [1.54, 1.807) is 0 Å². The fraction of sp³-hybridized carbons (Fsp3) is 0.400. The highest BCUT2D eigenvalue weighted by Crippen LogP contribution is 2.68. The Labute approximate surface area is 290 Å². The van der Waals surface area contributed by atoms with Crippen LogP contribution in [0.15, 0.2) is 121 Å². The van der Waals surface area contributed by atoms with Crippen molar-refractivity contribution >= 4 is 16.5 Å². The summed E-state index contributed by atoms with van der Waals surface area (Å²) in [5, 5.41) is -1.16. The summed E-state index contributed by atoms with van der Waals surface area (Å²) in [6, 6.07) is 38.1. The van der Waals surface area contributed by atoms with Gasteiger partial charge >= 0.3 is 16.5 Å². The molecule has 260 valence electrons. The average molecular weight is 694 g/mol. The van der Waals surface area contributed by atoms with Crippen molar-refractivity contribution in [3.63, 3.8) is 0 Å². The van der Waals surface area contributed by atoms with E-state index in [4.69, 9.17) is 13.6 Å². The minimum absolute atomic E-state index is 0.505. The third kappa shape index (κ3) is 13.6. The molecule has 0 saturated carbocycles. The van der Waals surface area contributed by atoms with Crippen LogP contribution in [-0.4, -0.2) is 21.3 Å². The van der Waals surface area contributed by atoms with E-state index < -0.39 is 21.7 Å². The fourth-order valence-electron chi connectivity index (χ4n) is 5.49. The molecule has 4 aromatic rings. The van der Waals surface area contributed by atoms with Gasteiger partial charge in [0.15, 0.2) is 0 Å². The first-order chi connectivity index (χ1) is 23.1. The largest absolute Gasteiger partial charge is 0.463 e. The van der Waals surface area contributed by atoms with Crippen molar-refractivity contribution < 1.29 is 28.3 Å². The molecule has 0 heterocycles. The molecule has 0 fully saturated rings. The van der Waals surface area contributed by atoms with Crippen LogP contribution >= 0.6 is 16.5 Å². The molecule has 0 spiro atoms. The van der Waals surface area contributed by atoms with Gasteiger partial charge in [0.05, 0.1) is 6.61 Å². The first kappa shape index (κ1) is 39.6. The van der Waals surface area contributed by atoms with Gasteiger partial charge in [-0.3, -0.25) is 4.52 Å². The minimum atomic E-state index is -4.16. The van der Waals surface area contributed by atoms with E-state index in [2.05, 4.69) is 27.7 Å². The zero-order valence-electron chi connectivity index (χ0n) is 29.0. The molecule has 0 saturated heterocycles. The van der Waals surface area contributed by atoms with Crippen LogP contribution in [0.1, 0.15) is 90.2 Å². The quantitative estimate of drug-likeness (QED) is 0.0669. The summed E-state index contributed by atoms with van der Waals surface area (Å²) in [4.78, 5) is 31.4. The molecule has 0 bridgehead atoms. The Hall–Kier alpha value is -2.82. The lowest BCUT2D eigenvalue weighted by atomic mass is 9.85. The molecule has 0 aliphatic rings. The first-order valence-corrected chi connectivity index (χ1v) is 19.9. The van der Waals surface area contributed by atoms with Crippen molar-refractivity contribution in [3.05, 3.63) is 132 Å². The van der Waals surface area contributed by atoms with Crippen LogP contribution in [0.4, 0.5) is 0 Å². The molecule has 0 aromatic heterocycles. The molecule has 4 aromatic carbocycles. The molecule has 6 nitrogen and oxygen atoms in total. The highest BCUT2D eigenvalue weighted by atomic mass is 31.2. The summed E-state index contributed by atoms with van der Waals surface area (Å²) in [5.74, 6) is 2.91. The van der Waals surface area contributed by atoms with Gasteiger partial charge in [0.25, 0.3) is 0 Å². The van der Waals surface area contributed by atoms with Crippen molar-refractivity contribution in [2.24, 2.45) is 11.8 Å². The molecule has 3 N–H and O–H groups in total. The van der Waals surface area contributed by atoms with Crippen molar-refractivity contribution in [2.45, 2.75) is 84.2 Å². The van der Waals surface area contributed by atoms with Crippen molar-refractivity contribution in [3.8, 4) is 11.5 Å². The van der Waals surface area contributed by atoms with Crippen LogP contribution in [0.5, 0.6) is 11.5 Å². The Morgan fingerprint density at radius 2 is 0.938 bits per heavy atom. The summed E-state index contributed by atoms with van der Waals surface area (Å²) in [6.45, 7) is 9.55. The van der Waals surface area contributed by atoms with Crippen LogP contribution in [0, 0.1) is 11.8 Å². The second-order valence-electron chi connectivity index (χ2n) is 12.9. The Bertz CT molecular complexity index is 1290. The van der Waals surface area contributed by atoms with Gasteiger partial charge < -0.3 is 9.05 Å². The predicted octanol–water partition coefficient (Wildman–Crippen LogP) is 11.5. The van der Waals surface area contributed by atoms with Crippen LogP contribution in [0.2, 0.25) is 0 Å². The molecule has 0 aliphatic heterocycles. The number of hydrogen-bond donors (Lipinski definition) is 3. The van der Waals surface area contributed by atoms with Gasteiger partial charge in [0.2, 0.25) is 5.16 Å². The molecule has 48 heavy (non-hydrogen) atoms. The van der Waals surface area contributed by atoms with E-state index in [1.165, 1.54) is 19.3 Å². The molecule has 0 radical (unpaired) electrons. The zero-order valence-corrected chi connectivity index (χ0v) is 30.8. The Morgan fingerprint density at radius 3 is 1.33 bits per heavy atom. The number of rotatable bonds is 19. The van der Waals surface area contributed by atoms with E-state index in [1.807, 2.05) is 121 Å². The normalized spacial score (nSPS) is 11.8. The summed E-state index contributed by atoms with van der Waals surface area (Å²) in [7, 11) is -5.61. The van der Waals surface area contributed by atoms with E-state index in [-0.39, 0.29) is 0 Å². The topological polar surface area (TPSA) is 88.4 Å². The Kier molecular flexibility index (Phi) is 17.6. The lowest BCUT2D eigenvalue weighted by Crippen LogP contribution is -2.31. The minimum Gasteiger partial charge on any atom is -0.418 e.